The van der Waals surface area contributed by atoms with Gasteiger partial charge in [0.1, 0.15) is 11.3 Å². The van der Waals surface area contributed by atoms with Crippen molar-refractivity contribution < 1.29 is 4.74 Å². The zero-order chi connectivity index (χ0) is 12.3. The van der Waals surface area contributed by atoms with E-state index in [0.29, 0.717) is 11.6 Å². The van der Waals surface area contributed by atoms with E-state index in [-0.39, 0.29) is 6.10 Å². The van der Waals surface area contributed by atoms with Gasteiger partial charge in [-0.2, -0.15) is 0 Å². The third-order valence-corrected chi connectivity index (χ3v) is 2.92. The summed E-state index contributed by atoms with van der Waals surface area (Å²) in [4.78, 5) is 12.4. The van der Waals surface area contributed by atoms with Crippen LogP contribution < -0.4 is 4.90 Å². The van der Waals surface area contributed by atoms with Crippen LogP contribution in [0.5, 0.6) is 0 Å². The SMILES string of the molecule is CN(C)CC1CN(c2ncncc2Cl)CCO1. The number of ether oxygens (including phenoxy) is 1. The fourth-order valence-electron chi connectivity index (χ4n) is 1.97. The highest BCUT2D eigenvalue weighted by Gasteiger charge is 2.23. The van der Waals surface area contributed by atoms with Gasteiger partial charge >= 0.3 is 0 Å². The average Bonchev–Trinajstić information content (AvgIpc) is 2.29. The maximum absolute atomic E-state index is 6.09. The minimum Gasteiger partial charge on any atom is -0.373 e. The molecule has 1 saturated heterocycles. The summed E-state index contributed by atoms with van der Waals surface area (Å²) in [5.41, 5.74) is 0. The van der Waals surface area contributed by atoms with E-state index < -0.39 is 0 Å². The number of hydrogen-bond acceptors (Lipinski definition) is 5. The number of halogens is 1. The third kappa shape index (κ3) is 3.28. The second kappa shape index (κ2) is 5.62. The summed E-state index contributed by atoms with van der Waals surface area (Å²) in [6.07, 6.45) is 3.35. The Labute approximate surface area is 106 Å². The van der Waals surface area contributed by atoms with Crippen LogP contribution in [-0.4, -0.2) is 61.3 Å². The molecule has 0 N–H and O–H groups in total. The molecule has 17 heavy (non-hydrogen) atoms. The van der Waals surface area contributed by atoms with Crippen LogP contribution in [0.2, 0.25) is 5.02 Å². The molecule has 1 atom stereocenters. The number of hydrogen-bond donors (Lipinski definition) is 0. The first kappa shape index (κ1) is 12.5. The first-order chi connectivity index (χ1) is 8.16. The molecule has 0 saturated carbocycles. The summed E-state index contributed by atoms with van der Waals surface area (Å²) in [5, 5.41) is 0.595. The molecule has 1 fully saturated rings. The highest BCUT2D eigenvalue weighted by atomic mass is 35.5. The Hall–Kier alpha value is -0.910. The molecular formula is C11H17ClN4O. The van der Waals surface area contributed by atoms with Crippen LogP contribution in [0.25, 0.3) is 0 Å². The molecule has 0 radical (unpaired) electrons. The molecule has 0 bridgehead atoms. The van der Waals surface area contributed by atoms with Crippen LogP contribution in [0.1, 0.15) is 0 Å². The first-order valence-electron chi connectivity index (χ1n) is 5.63. The van der Waals surface area contributed by atoms with Crippen molar-refractivity contribution in [3.05, 3.63) is 17.5 Å². The Bertz CT molecular complexity index is 374. The van der Waals surface area contributed by atoms with Crippen molar-refractivity contribution in [1.29, 1.82) is 0 Å². The summed E-state index contributed by atoms with van der Waals surface area (Å²) >= 11 is 6.09. The Balaban J connectivity index is 2.04. The molecule has 2 heterocycles. The Morgan fingerprint density at radius 3 is 3.12 bits per heavy atom. The fourth-order valence-corrected chi connectivity index (χ4v) is 2.19. The summed E-state index contributed by atoms with van der Waals surface area (Å²) in [6, 6.07) is 0. The summed E-state index contributed by atoms with van der Waals surface area (Å²) in [5.74, 6) is 0.800. The van der Waals surface area contributed by atoms with Gasteiger partial charge < -0.3 is 14.5 Å². The molecular weight excluding hydrogens is 240 g/mol. The number of aromatic nitrogens is 2. The lowest BCUT2D eigenvalue weighted by molar-refractivity contribution is 0.0245. The van der Waals surface area contributed by atoms with Crippen molar-refractivity contribution in [1.82, 2.24) is 14.9 Å². The molecule has 1 unspecified atom stereocenters. The number of morpholine rings is 1. The van der Waals surface area contributed by atoms with Crippen molar-refractivity contribution in [3.8, 4) is 0 Å². The van der Waals surface area contributed by atoms with E-state index in [9.17, 15) is 0 Å². The van der Waals surface area contributed by atoms with Crippen LogP contribution in [0, 0.1) is 0 Å². The number of likely N-dealkylation sites (N-methyl/N-ethyl adjacent to an activating group) is 1. The number of nitrogens with zero attached hydrogens (tertiary/aromatic N) is 4. The number of rotatable bonds is 3. The van der Waals surface area contributed by atoms with Gasteiger partial charge in [-0.25, -0.2) is 9.97 Å². The van der Waals surface area contributed by atoms with Crippen LogP contribution >= 0.6 is 11.6 Å². The Kier molecular flexibility index (Phi) is 4.15. The van der Waals surface area contributed by atoms with Gasteiger partial charge in [0.15, 0.2) is 5.82 Å². The van der Waals surface area contributed by atoms with E-state index in [0.717, 1.165) is 25.5 Å². The van der Waals surface area contributed by atoms with E-state index in [1.165, 1.54) is 6.33 Å². The highest BCUT2D eigenvalue weighted by Crippen LogP contribution is 2.23. The van der Waals surface area contributed by atoms with Crippen molar-refractivity contribution >= 4 is 17.4 Å². The minimum absolute atomic E-state index is 0.199. The zero-order valence-electron chi connectivity index (χ0n) is 10.1. The van der Waals surface area contributed by atoms with Crippen LogP contribution in [-0.2, 0) is 4.74 Å². The molecule has 0 amide bonds. The molecule has 0 aliphatic carbocycles. The second-order valence-corrected chi connectivity index (χ2v) is 4.80. The molecule has 2 rings (SSSR count). The van der Waals surface area contributed by atoms with Gasteiger partial charge in [0.2, 0.25) is 0 Å². The molecule has 1 aromatic heterocycles. The summed E-state index contributed by atoms with van der Waals surface area (Å²) in [6.45, 7) is 3.24. The highest BCUT2D eigenvalue weighted by molar-refractivity contribution is 6.32. The number of anilines is 1. The normalized spacial score (nSPS) is 20.9. The van der Waals surface area contributed by atoms with Crippen molar-refractivity contribution in [2.45, 2.75) is 6.10 Å². The van der Waals surface area contributed by atoms with Crippen LogP contribution in [0.3, 0.4) is 0 Å². The third-order valence-electron chi connectivity index (χ3n) is 2.66. The van der Waals surface area contributed by atoms with Gasteiger partial charge in [-0.3, -0.25) is 0 Å². The van der Waals surface area contributed by atoms with Gasteiger partial charge in [-0.15, -0.1) is 0 Å². The Morgan fingerprint density at radius 1 is 1.59 bits per heavy atom. The second-order valence-electron chi connectivity index (χ2n) is 4.40. The summed E-state index contributed by atoms with van der Waals surface area (Å²) < 4.78 is 5.71. The van der Waals surface area contributed by atoms with E-state index in [2.05, 4.69) is 19.8 Å². The van der Waals surface area contributed by atoms with Gasteiger partial charge in [0.05, 0.1) is 18.9 Å². The van der Waals surface area contributed by atoms with Gasteiger partial charge in [-0.1, -0.05) is 11.6 Å². The summed E-state index contributed by atoms with van der Waals surface area (Å²) in [7, 11) is 4.08. The molecule has 1 aromatic rings. The van der Waals surface area contributed by atoms with Crippen molar-refractivity contribution in [2.24, 2.45) is 0 Å². The van der Waals surface area contributed by atoms with Gasteiger partial charge in [0, 0.05) is 19.6 Å². The lowest BCUT2D eigenvalue weighted by Gasteiger charge is -2.35. The fraction of sp³-hybridized carbons (Fsp3) is 0.636. The predicted molar refractivity (Wildman–Crippen MR) is 67.5 cm³/mol. The lowest BCUT2D eigenvalue weighted by atomic mass is 10.2. The molecule has 0 aromatic carbocycles. The van der Waals surface area contributed by atoms with Gasteiger partial charge in [-0.05, 0) is 14.1 Å². The smallest absolute Gasteiger partial charge is 0.150 e. The average molecular weight is 257 g/mol. The van der Waals surface area contributed by atoms with E-state index in [4.69, 9.17) is 16.3 Å². The zero-order valence-corrected chi connectivity index (χ0v) is 10.9. The van der Waals surface area contributed by atoms with Crippen molar-refractivity contribution in [3.63, 3.8) is 0 Å². The molecule has 1 aliphatic heterocycles. The molecule has 94 valence electrons. The largest absolute Gasteiger partial charge is 0.373 e. The molecule has 6 heteroatoms. The molecule has 0 spiro atoms. The van der Waals surface area contributed by atoms with Crippen molar-refractivity contribution in [2.75, 3.05) is 45.2 Å². The Morgan fingerprint density at radius 2 is 2.41 bits per heavy atom. The van der Waals surface area contributed by atoms with E-state index in [1.54, 1.807) is 6.20 Å². The van der Waals surface area contributed by atoms with E-state index >= 15 is 0 Å². The first-order valence-corrected chi connectivity index (χ1v) is 6.01. The lowest BCUT2D eigenvalue weighted by Crippen LogP contribution is -2.46. The quantitative estimate of drug-likeness (QED) is 0.804. The minimum atomic E-state index is 0.199. The standard InChI is InChI=1S/C11H17ClN4O/c1-15(2)6-9-7-16(3-4-17-9)11-10(12)5-13-8-14-11/h5,8-9H,3-4,6-7H2,1-2H3. The van der Waals surface area contributed by atoms with Gasteiger partial charge in [0.25, 0.3) is 0 Å². The van der Waals surface area contributed by atoms with Crippen LogP contribution in [0.15, 0.2) is 12.5 Å². The predicted octanol–water partition coefficient (Wildman–Crippen LogP) is 0.897. The maximum Gasteiger partial charge on any atom is 0.150 e. The van der Waals surface area contributed by atoms with Crippen LogP contribution in [0.4, 0.5) is 5.82 Å². The monoisotopic (exact) mass is 256 g/mol. The van der Waals surface area contributed by atoms with E-state index in [1.807, 2.05) is 14.1 Å². The molecule has 5 nitrogen and oxygen atoms in total. The maximum atomic E-state index is 6.09. The molecule has 1 aliphatic rings. The topological polar surface area (TPSA) is 41.5 Å².